The molecule has 0 aliphatic carbocycles. The molecule has 0 fully saturated rings. The molecule has 0 saturated carbocycles. The highest BCUT2D eigenvalue weighted by Crippen LogP contribution is 2.32. The van der Waals surface area contributed by atoms with Gasteiger partial charge in [0, 0.05) is 1.43 Å². The summed E-state index contributed by atoms with van der Waals surface area (Å²) in [5.74, 6) is 1.74. The zero-order valence-corrected chi connectivity index (χ0v) is 6.46. The fourth-order valence-corrected chi connectivity index (χ4v) is 1.16. The third kappa shape index (κ3) is 1.04. The Morgan fingerprint density at radius 2 is 2.18 bits per heavy atom. The zero-order chi connectivity index (χ0) is 7.68. The fraction of sp³-hybridized carbons (Fsp3) is 0.333. The summed E-state index contributed by atoms with van der Waals surface area (Å²) in [4.78, 5) is 0. The van der Waals surface area contributed by atoms with Crippen molar-refractivity contribution in [2.45, 2.75) is 13.3 Å². The smallest absolute Gasteiger partial charge is 0.231 e. The van der Waals surface area contributed by atoms with E-state index < -0.39 is 0 Å². The number of ether oxygens (including phenoxy) is 2. The Bertz CT molecular complexity index is 273. The summed E-state index contributed by atoms with van der Waals surface area (Å²) in [5, 5.41) is 0. The van der Waals surface area contributed by atoms with Crippen LogP contribution in [-0.2, 0) is 6.42 Å². The molecule has 60 valence electrons. The van der Waals surface area contributed by atoms with Crippen LogP contribution in [0.2, 0.25) is 0 Å². The minimum Gasteiger partial charge on any atom is -0.454 e. The van der Waals surface area contributed by atoms with Gasteiger partial charge in [-0.1, -0.05) is 13.0 Å². The maximum Gasteiger partial charge on any atom is 0.231 e. The molecular weight excluding hydrogens is 140 g/mol. The van der Waals surface area contributed by atoms with Gasteiger partial charge in [-0.2, -0.15) is 0 Å². The number of aryl methyl sites for hydroxylation is 1. The topological polar surface area (TPSA) is 18.5 Å². The molecule has 2 heteroatoms. The lowest BCUT2D eigenvalue weighted by Crippen LogP contribution is -1.92. The molecule has 1 heterocycles. The van der Waals surface area contributed by atoms with Gasteiger partial charge < -0.3 is 9.47 Å². The van der Waals surface area contributed by atoms with Crippen LogP contribution in [0.15, 0.2) is 18.2 Å². The number of hydrogen-bond acceptors (Lipinski definition) is 2. The summed E-state index contributed by atoms with van der Waals surface area (Å²) in [7, 11) is 0. The highest BCUT2D eigenvalue weighted by Gasteiger charge is 2.11. The second-order valence-corrected chi connectivity index (χ2v) is 2.54. The second kappa shape index (κ2) is 2.46. The Hall–Kier alpha value is -1.18. The van der Waals surface area contributed by atoms with E-state index in [1.165, 1.54) is 5.56 Å². The molecule has 1 aromatic rings. The molecule has 0 aromatic heterocycles. The van der Waals surface area contributed by atoms with Crippen molar-refractivity contribution in [3.8, 4) is 11.5 Å². The van der Waals surface area contributed by atoms with Crippen molar-refractivity contribution < 1.29 is 10.9 Å². The molecule has 0 unspecified atom stereocenters. The first kappa shape index (κ1) is 6.53. The average Bonchev–Trinajstić information content (AvgIpc) is 2.50. The molecule has 0 radical (unpaired) electrons. The molecule has 1 aromatic carbocycles. The quantitative estimate of drug-likeness (QED) is 0.614. The van der Waals surface area contributed by atoms with Gasteiger partial charge in [-0.05, 0) is 24.1 Å². The molecule has 0 saturated heterocycles. The standard InChI is InChI=1S/C9H10O2.H2/c1-2-7-3-4-8-9(5-7)11-6-10-8;/h3-5H,2,6H2,1H3;1H. The van der Waals surface area contributed by atoms with E-state index in [9.17, 15) is 0 Å². The van der Waals surface area contributed by atoms with Crippen molar-refractivity contribution in [1.29, 1.82) is 0 Å². The summed E-state index contributed by atoms with van der Waals surface area (Å²) in [6, 6.07) is 6.05. The van der Waals surface area contributed by atoms with Crippen LogP contribution in [0.25, 0.3) is 0 Å². The van der Waals surface area contributed by atoms with Crippen molar-refractivity contribution in [2.24, 2.45) is 0 Å². The average molecular weight is 152 g/mol. The minimum absolute atomic E-state index is 0. The molecule has 1 aliphatic heterocycles. The lowest BCUT2D eigenvalue weighted by atomic mass is 10.1. The molecule has 0 amide bonds. The molecule has 2 rings (SSSR count). The van der Waals surface area contributed by atoms with E-state index in [4.69, 9.17) is 9.47 Å². The van der Waals surface area contributed by atoms with E-state index in [1.54, 1.807) is 0 Å². The third-order valence-electron chi connectivity index (χ3n) is 1.85. The van der Waals surface area contributed by atoms with Crippen LogP contribution < -0.4 is 9.47 Å². The molecule has 1 aliphatic rings. The minimum atomic E-state index is 0. The Morgan fingerprint density at radius 1 is 1.36 bits per heavy atom. The van der Waals surface area contributed by atoms with Gasteiger partial charge in [-0.25, -0.2) is 0 Å². The lowest BCUT2D eigenvalue weighted by molar-refractivity contribution is 0.174. The summed E-state index contributed by atoms with van der Waals surface area (Å²) >= 11 is 0. The third-order valence-corrected chi connectivity index (χ3v) is 1.85. The highest BCUT2D eigenvalue weighted by molar-refractivity contribution is 5.44. The van der Waals surface area contributed by atoms with Crippen molar-refractivity contribution >= 4 is 0 Å². The first-order chi connectivity index (χ1) is 5.40. The number of hydrogen-bond donors (Lipinski definition) is 0. The van der Waals surface area contributed by atoms with Gasteiger partial charge in [0.15, 0.2) is 11.5 Å². The van der Waals surface area contributed by atoms with E-state index in [0.29, 0.717) is 6.79 Å². The van der Waals surface area contributed by atoms with Gasteiger partial charge in [0.1, 0.15) is 0 Å². The van der Waals surface area contributed by atoms with Gasteiger partial charge in [-0.15, -0.1) is 0 Å². The first-order valence-electron chi connectivity index (χ1n) is 3.78. The van der Waals surface area contributed by atoms with Crippen LogP contribution in [0.5, 0.6) is 11.5 Å². The fourth-order valence-electron chi connectivity index (χ4n) is 1.16. The normalized spacial score (nSPS) is 13.5. The lowest BCUT2D eigenvalue weighted by Gasteiger charge is -1.97. The SMILES string of the molecule is CCc1ccc2c(c1)OCO2.[HH]. The van der Waals surface area contributed by atoms with Gasteiger partial charge in [0.05, 0.1) is 0 Å². The van der Waals surface area contributed by atoms with Gasteiger partial charge in [-0.3, -0.25) is 0 Å². The van der Waals surface area contributed by atoms with E-state index in [-0.39, 0.29) is 1.43 Å². The largest absolute Gasteiger partial charge is 0.454 e. The maximum atomic E-state index is 5.22. The highest BCUT2D eigenvalue weighted by atomic mass is 16.7. The Morgan fingerprint density at radius 3 is 3.00 bits per heavy atom. The van der Waals surface area contributed by atoms with Crippen LogP contribution in [-0.4, -0.2) is 6.79 Å². The molecule has 0 atom stereocenters. The van der Waals surface area contributed by atoms with Crippen LogP contribution in [0.1, 0.15) is 13.9 Å². The van der Waals surface area contributed by atoms with Crippen LogP contribution in [0.4, 0.5) is 0 Å². The van der Waals surface area contributed by atoms with Crippen LogP contribution in [0.3, 0.4) is 0 Å². The molecular formula is C9H12O2. The summed E-state index contributed by atoms with van der Waals surface area (Å²) in [5.41, 5.74) is 1.29. The van der Waals surface area contributed by atoms with Gasteiger partial charge in [0.2, 0.25) is 6.79 Å². The summed E-state index contributed by atoms with van der Waals surface area (Å²) < 4.78 is 10.4. The number of fused-ring (bicyclic) bond motifs is 1. The summed E-state index contributed by atoms with van der Waals surface area (Å²) in [6.45, 7) is 2.49. The van der Waals surface area contributed by atoms with Crippen molar-refractivity contribution in [2.75, 3.05) is 6.79 Å². The first-order valence-corrected chi connectivity index (χ1v) is 3.78. The monoisotopic (exact) mass is 152 g/mol. The van der Waals surface area contributed by atoms with E-state index in [2.05, 4.69) is 13.0 Å². The van der Waals surface area contributed by atoms with Gasteiger partial charge >= 0.3 is 0 Å². The summed E-state index contributed by atoms with van der Waals surface area (Å²) in [6.07, 6.45) is 1.04. The number of rotatable bonds is 1. The van der Waals surface area contributed by atoms with Crippen molar-refractivity contribution in [3.63, 3.8) is 0 Å². The van der Waals surface area contributed by atoms with Crippen molar-refractivity contribution in [3.05, 3.63) is 23.8 Å². The van der Waals surface area contributed by atoms with Crippen LogP contribution in [0, 0.1) is 0 Å². The van der Waals surface area contributed by atoms with Crippen LogP contribution >= 0.6 is 0 Å². The predicted molar refractivity (Wildman–Crippen MR) is 44.1 cm³/mol. The van der Waals surface area contributed by atoms with E-state index in [0.717, 1.165) is 17.9 Å². The molecule has 2 nitrogen and oxygen atoms in total. The van der Waals surface area contributed by atoms with Crippen molar-refractivity contribution in [1.82, 2.24) is 0 Å². The molecule has 0 bridgehead atoms. The Balaban J connectivity index is 0.000000720. The zero-order valence-electron chi connectivity index (χ0n) is 6.46. The predicted octanol–water partition coefficient (Wildman–Crippen LogP) is 2.22. The molecule has 0 spiro atoms. The Labute approximate surface area is 67.2 Å². The van der Waals surface area contributed by atoms with E-state index >= 15 is 0 Å². The van der Waals surface area contributed by atoms with E-state index in [1.807, 2.05) is 12.1 Å². The number of benzene rings is 1. The maximum absolute atomic E-state index is 5.22. The molecule has 11 heavy (non-hydrogen) atoms. The molecule has 0 N–H and O–H groups in total. The Kier molecular flexibility index (Phi) is 1.46. The second-order valence-electron chi connectivity index (χ2n) is 2.54. The van der Waals surface area contributed by atoms with Gasteiger partial charge in [0.25, 0.3) is 0 Å².